The van der Waals surface area contributed by atoms with Gasteiger partial charge in [0.2, 0.25) is 0 Å². The number of nitrogens with one attached hydrogen (secondary N) is 1. The molecule has 92 valence electrons. The molecule has 18 heavy (non-hydrogen) atoms. The monoisotopic (exact) mass is 263 g/mol. The van der Waals surface area contributed by atoms with Gasteiger partial charge >= 0.3 is 0 Å². The molecule has 6 heteroatoms. The van der Waals surface area contributed by atoms with E-state index >= 15 is 0 Å². The molecule has 0 unspecified atom stereocenters. The number of methoxy groups -OCH3 is 1. The lowest BCUT2D eigenvalue weighted by Gasteiger charge is -1.89. The minimum absolute atomic E-state index is 0.329. The first-order chi connectivity index (χ1) is 8.76. The van der Waals surface area contributed by atoms with Crippen LogP contribution in [0.2, 0.25) is 5.02 Å². The standard InChI is InChI=1S/C12H10ClN3O2/c1-17-6-11-15-12(18-16-11)10-5-7-4-8(13)2-3-9(7)14-10/h2-5,14H,6H2,1H3. The van der Waals surface area contributed by atoms with Crippen LogP contribution in [0.3, 0.4) is 0 Å². The van der Waals surface area contributed by atoms with Gasteiger partial charge in [0.15, 0.2) is 5.82 Å². The zero-order valence-corrected chi connectivity index (χ0v) is 10.4. The van der Waals surface area contributed by atoms with Crippen molar-refractivity contribution in [3.8, 4) is 11.6 Å². The summed E-state index contributed by atoms with van der Waals surface area (Å²) in [5.74, 6) is 0.957. The fourth-order valence-corrected chi connectivity index (χ4v) is 1.95. The van der Waals surface area contributed by atoms with Crippen LogP contribution in [0.4, 0.5) is 0 Å². The van der Waals surface area contributed by atoms with Crippen molar-refractivity contribution >= 4 is 22.5 Å². The van der Waals surface area contributed by atoms with Crippen molar-refractivity contribution in [3.05, 3.63) is 35.1 Å². The maximum absolute atomic E-state index is 5.94. The molecule has 0 spiro atoms. The Hall–Kier alpha value is -1.85. The molecule has 0 saturated carbocycles. The van der Waals surface area contributed by atoms with Gasteiger partial charge in [-0.1, -0.05) is 16.8 Å². The van der Waals surface area contributed by atoms with E-state index in [4.69, 9.17) is 20.9 Å². The maximum atomic E-state index is 5.94. The summed E-state index contributed by atoms with van der Waals surface area (Å²) in [6.07, 6.45) is 0. The van der Waals surface area contributed by atoms with Gasteiger partial charge in [0.05, 0.1) is 0 Å². The molecule has 2 aromatic heterocycles. The number of aromatic nitrogens is 3. The molecule has 0 radical (unpaired) electrons. The Kier molecular flexibility index (Phi) is 2.77. The van der Waals surface area contributed by atoms with Crippen LogP contribution in [0.1, 0.15) is 5.82 Å². The molecule has 1 N–H and O–H groups in total. The molecule has 2 heterocycles. The van der Waals surface area contributed by atoms with Crippen molar-refractivity contribution < 1.29 is 9.26 Å². The second-order valence-corrected chi connectivity index (χ2v) is 4.30. The number of benzene rings is 1. The second-order valence-electron chi connectivity index (χ2n) is 3.86. The zero-order chi connectivity index (χ0) is 12.5. The summed E-state index contributed by atoms with van der Waals surface area (Å²) in [4.78, 5) is 7.42. The Morgan fingerprint density at radius 2 is 2.28 bits per heavy atom. The number of aromatic amines is 1. The van der Waals surface area contributed by atoms with Gasteiger partial charge in [-0.2, -0.15) is 4.98 Å². The Labute approximate surface area is 108 Å². The quantitative estimate of drug-likeness (QED) is 0.789. The van der Waals surface area contributed by atoms with Gasteiger partial charge in [-0.15, -0.1) is 0 Å². The Bertz CT molecular complexity index is 690. The highest BCUT2D eigenvalue weighted by atomic mass is 35.5. The number of H-pyrrole nitrogens is 1. The van der Waals surface area contributed by atoms with Crippen molar-refractivity contribution in [2.45, 2.75) is 6.61 Å². The van der Waals surface area contributed by atoms with E-state index in [1.807, 2.05) is 24.3 Å². The van der Waals surface area contributed by atoms with Gasteiger partial charge in [-0.05, 0) is 24.3 Å². The third-order valence-corrected chi connectivity index (χ3v) is 2.79. The number of halogens is 1. The van der Waals surface area contributed by atoms with E-state index < -0.39 is 0 Å². The lowest BCUT2D eigenvalue weighted by atomic mass is 10.2. The predicted octanol–water partition coefficient (Wildman–Crippen LogP) is 3.02. The minimum Gasteiger partial charge on any atom is -0.377 e. The van der Waals surface area contributed by atoms with E-state index in [1.165, 1.54) is 0 Å². The van der Waals surface area contributed by atoms with Gasteiger partial charge in [-0.25, -0.2) is 0 Å². The van der Waals surface area contributed by atoms with Crippen molar-refractivity contribution in [1.82, 2.24) is 15.1 Å². The average molecular weight is 264 g/mol. The van der Waals surface area contributed by atoms with Crippen LogP contribution in [0.5, 0.6) is 0 Å². The fourth-order valence-electron chi connectivity index (χ4n) is 1.77. The van der Waals surface area contributed by atoms with E-state index in [0.29, 0.717) is 23.3 Å². The normalized spacial score (nSPS) is 11.2. The van der Waals surface area contributed by atoms with E-state index in [2.05, 4.69) is 15.1 Å². The molecule has 0 fully saturated rings. The molecule has 0 aliphatic heterocycles. The summed E-state index contributed by atoms with van der Waals surface area (Å²) in [5.41, 5.74) is 1.74. The van der Waals surface area contributed by atoms with Crippen LogP contribution in [0.25, 0.3) is 22.5 Å². The van der Waals surface area contributed by atoms with E-state index in [1.54, 1.807) is 7.11 Å². The third-order valence-electron chi connectivity index (χ3n) is 2.55. The first-order valence-corrected chi connectivity index (χ1v) is 5.74. The second kappa shape index (κ2) is 4.44. The lowest BCUT2D eigenvalue weighted by Crippen LogP contribution is -1.89. The molecule has 0 saturated heterocycles. The summed E-state index contributed by atoms with van der Waals surface area (Å²) in [6.45, 7) is 0.329. The van der Waals surface area contributed by atoms with Crippen LogP contribution in [0.15, 0.2) is 28.8 Å². The summed E-state index contributed by atoms with van der Waals surface area (Å²) in [5, 5.41) is 5.51. The van der Waals surface area contributed by atoms with Crippen molar-refractivity contribution in [3.63, 3.8) is 0 Å². The third kappa shape index (κ3) is 1.98. The van der Waals surface area contributed by atoms with Crippen LogP contribution >= 0.6 is 11.6 Å². The SMILES string of the molecule is COCc1noc(-c2cc3cc(Cl)ccc3[nH]2)n1. The molecule has 5 nitrogen and oxygen atoms in total. The molecule has 0 aliphatic rings. The number of rotatable bonds is 3. The van der Waals surface area contributed by atoms with Crippen LogP contribution in [-0.2, 0) is 11.3 Å². The van der Waals surface area contributed by atoms with Gasteiger partial charge in [0.1, 0.15) is 12.3 Å². The smallest absolute Gasteiger partial charge is 0.274 e. The number of fused-ring (bicyclic) bond motifs is 1. The van der Waals surface area contributed by atoms with Gasteiger partial charge < -0.3 is 14.2 Å². The number of nitrogens with zero attached hydrogens (tertiary/aromatic N) is 2. The summed E-state index contributed by atoms with van der Waals surface area (Å²) < 4.78 is 10.1. The molecular weight excluding hydrogens is 254 g/mol. The Morgan fingerprint density at radius 1 is 1.39 bits per heavy atom. The summed E-state index contributed by atoms with van der Waals surface area (Å²) in [6, 6.07) is 7.54. The topological polar surface area (TPSA) is 63.9 Å². The Morgan fingerprint density at radius 3 is 3.11 bits per heavy atom. The minimum atomic E-state index is 0.329. The molecule has 0 atom stereocenters. The van der Waals surface area contributed by atoms with Gasteiger partial charge in [0.25, 0.3) is 5.89 Å². The first kappa shape index (κ1) is 11.3. The van der Waals surface area contributed by atoms with E-state index in [9.17, 15) is 0 Å². The molecular formula is C12H10ClN3O2. The van der Waals surface area contributed by atoms with Gasteiger partial charge in [-0.3, -0.25) is 0 Å². The summed E-state index contributed by atoms with van der Waals surface area (Å²) >= 11 is 5.94. The first-order valence-electron chi connectivity index (χ1n) is 5.36. The van der Waals surface area contributed by atoms with Gasteiger partial charge in [0, 0.05) is 23.0 Å². The highest BCUT2D eigenvalue weighted by Crippen LogP contribution is 2.25. The highest BCUT2D eigenvalue weighted by molar-refractivity contribution is 6.31. The van der Waals surface area contributed by atoms with Crippen LogP contribution in [0, 0.1) is 0 Å². The number of hydrogen-bond acceptors (Lipinski definition) is 4. The lowest BCUT2D eigenvalue weighted by molar-refractivity contribution is 0.174. The molecule has 3 rings (SSSR count). The van der Waals surface area contributed by atoms with Crippen molar-refractivity contribution in [2.75, 3.05) is 7.11 Å². The average Bonchev–Trinajstić information content (AvgIpc) is 2.94. The molecule has 0 amide bonds. The van der Waals surface area contributed by atoms with Crippen molar-refractivity contribution in [2.24, 2.45) is 0 Å². The largest absolute Gasteiger partial charge is 0.377 e. The summed E-state index contributed by atoms with van der Waals surface area (Å²) in [7, 11) is 1.58. The van der Waals surface area contributed by atoms with E-state index in [-0.39, 0.29) is 0 Å². The fraction of sp³-hybridized carbons (Fsp3) is 0.167. The van der Waals surface area contributed by atoms with Crippen molar-refractivity contribution in [1.29, 1.82) is 0 Å². The van der Waals surface area contributed by atoms with Crippen LogP contribution < -0.4 is 0 Å². The Balaban J connectivity index is 2.02. The van der Waals surface area contributed by atoms with Crippen LogP contribution in [-0.4, -0.2) is 22.2 Å². The highest BCUT2D eigenvalue weighted by Gasteiger charge is 2.11. The predicted molar refractivity (Wildman–Crippen MR) is 67.3 cm³/mol. The number of hydrogen-bond donors (Lipinski definition) is 1. The molecule has 0 aliphatic carbocycles. The molecule has 1 aromatic carbocycles. The molecule has 0 bridgehead atoms. The van der Waals surface area contributed by atoms with E-state index in [0.717, 1.165) is 16.6 Å². The zero-order valence-electron chi connectivity index (χ0n) is 9.61. The molecule has 3 aromatic rings. The number of ether oxygens (including phenoxy) is 1. The maximum Gasteiger partial charge on any atom is 0.274 e.